The molecule has 0 fully saturated rings. The normalized spacial score (nSPS) is 11.3. The average molecular weight is 314 g/mol. The van der Waals surface area contributed by atoms with Gasteiger partial charge in [0.15, 0.2) is 11.5 Å². The van der Waals surface area contributed by atoms with Crippen LogP contribution in [0.5, 0.6) is 17.4 Å². The Hall–Kier alpha value is -2.07. The highest BCUT2D eigenvalue weighted by Crippen LogP contribution is 2.29. The quantitative estimate of drug-likeness (QED) is 0.769. The van der Waals surface area contributed by atoms with E-state index in [-0.39, 0.29) is 0 Å². The lowest BCUT2D eigenvalue weighted by Gasteiger charge is -2.18. The molecule has 23 heavy (non-hydrogen) atoms. The first-order valence-corrected chi connectivity index (χ1v) is 7.94. The van der Waals surface area contributed by atoms with Gasteiger partial charge in [0.25, 0.3) is 0 Å². The summed E-state index contributed by atoms with van der Waals surface area (Å²) in [6.07, 6.45) is 2.99. The molecule has 0 saturated carbocycles. The molecule has 1 N–H and O–H groups in total. The van der Waals surface area contributed by atoms with E-state index < -0.39 is 0 Å². The number of para-hydroxylation sites is 2. The molecular formula is C19H26N2O2. The van der Waals surface area contributed by atoms with E-state index in [1.54, 1.807) is 7.11 Å². The lowest BCUT2D eigenvalue weighted by Crippen LogP contribution is -2.20. The summed E-state index contributed by atoms with van der Waals surface area (Å²) in [5, 5.41) is 3.44. The van der Waals surface area contributed by atoms with E-state index in [0.29, 0.717) is 22.8 Å². The minimum atomic E-state index is 0.359. The third-order valence-corrected chi connectivity index (χ3v) is 3.46. The average Bonchev–Trinajstić information content (AvgIpc) is 2.53. The van der Waals surface area contributed by atoms with Crippen LogP contribution in [0.15, 0.2) is 42.6 Å². The van der Waals surface area contributed by atoms with Gasteiger partial charge < -0.3 is 14.8 Å². The number of hydrogen-bond donors (Lipinski definition) is 1. The molecule has 1 aromatic carbocycles. The van der Waals surface area contributed by atoms with E-state index in [1.165, 1.54) is 0 Å². The van der Waals surface area contributed by atoms with Gasteiger partial charge >= 0.3 is 0 Å². The van der Waals surface area contributed by atoms with Crippen LogP contribution in [0.1, 0.15) is 32.8 Å². The van der Waals surface area contributed by atoms with Crippen molar-refractivity contribution in [2.75, 3.05) is 13.7 Å². The van der Waals surface area contributed by atoms with Crippen molar-refractivity contribution >= 4 is 0 Å². The van der Waals surface area contributed by atoms with Crippen LogP contribution in [0, 0.1) is 5.41 Å². The maximum atomic E-state index is 5.77. The van der Waals surface area contributed by atoms with Gasteiger partial charge in [-0.05, 0) is 36.1 Å². The first-order valence-electron chi connectivity index (χ1n) is 7.94. The molecule has 0 saturated heterocycles. The molecule has 0 spiro atoms. The fourth-order valence-corrected chi connectivity index (χ4v) is 2.09. The van der Waals surface area contributed by atoms with Crippen LogP contribution in [-0.4, -0.2) is 18.6 Å². The Morgan fingerprint density at radius 2 is 1.78 bits per heavy atom. The van der Waals surface area contributed by atoms with Crippen LogP contribution < -0.4 is 14.8 Å². The van der Waals surface area contributed by atoms with Gasteiger partial charge in [0.1, 0.15) is 0 Å². The number of pyridine rings is 1. The lowest BCUT2D eigenvalue weighted by molar-refractivity contribution is 0.366. The van der Waals surface area contributed by atoms with Gasteiger partial charge in [0.05, 0.1) is 7.11 Å². The molecule has 0 unspecified atom stereocenters. The van der Waals surface area contributed by atoms with Crippen LogP contribution in [-0.2, 0) is 6.54 Å². The Bertz CT molecular complexity index is 604. The van der Waals surface area contributed by atoms with Gasteiger partial charge in [0.2, 0.25) is 5.88 Å². The zero-order chi connectivity index (χ0) is 16.7. The van der Waals surface area contributed by atoms with E-state index in [1.807, 2.05) is 42.6 Å². The van der Waals surface area contributed by atoms with E-state index in [4.69, 9.17) is 9.47 Å². The highest BCUT2D eigenvalue weighted by molar-refractivity contribution is 5.41. The van der Waals surface area contributed by atoms with Crippen LogP contribution >= 0.6 is 0 Å². The molecule has 0 atom stereocenters. The monoisotopic (exact) mass is 314 g/mol. The van der Waals surface area contributed by atoms with Crippen molar-refractivity contribution in [1.29, 1.82) is 0 Å². The third-order valence-electron chi connectivity index (χ3n) is 3.46. The lowest BCUT2D eigenvalue weighted by atomic mass is 9.92. The number of nitrogens with one attached hydrogen (secondary N) is 1. The minimum absolute atomic E-state index is 0.359. The van der Waals surface area contributed by atoms with Crippen molar-refractivity contribution in [1.82, 2.24) is 10.3 Å². The number of ether oxygens (including phenoxy) is 2. The molecule has 124 valence electrons. The van der Waals surface area contributed by atoms with Crippen LogP contribution in [0.3, 0.4) is 0 Å². The summed E-state index contributed by atoms with van der Waals surface area (Å²) in [5.74, 6) is 1.92. The van der Waals surface area contributed by atoms with Crippen molar-refractivity contribution in [3.05, 3.63) is 48.2 Å². The molecule has 1 aromatic heterocycles. The molecule has 0 aliphatic carbocycles. The van der Waals surface area contributed by atoms with Crippen molar-refractivity contribution in [3.63, 3.8) is 0 Å². The number of hydrogen-bond acceptors (Lipinski definition) is 4. The number of aromatic nitrogens is 1. The maximum absolute atomic E-state index is 5.77. The van der Waals surface area contributed by atoms with Crippen LogP contribution in [0.2, 0.25) is 0 Å². The fraction of sp³-hybridized carbons (Fsp3) is 0.421. The van der Waals surface area contributed by atoms with E-state index in [2.05, 4.69) is 31.1 Å². The van der Waals surface area contributed by atoms with E-state index in [0.717, 1.165) is 25.1 Å². The van der Waals surface area contributed by atoms with Crippen molar-refractivity contribution in [2.24, 2.45) is 5.41 Å². The Kier molecular flexibility index (Phi) is 5.99. The van der Waals surface area contributed by atoms with Crippen molar-refractivity contribution < 1.29 is 9.47 Å². The topological polar surface area (TPSA) is 43.4 Å². The van der Waals surface area contributed by atoms with Gasteiger partial charge in [-0.15, -0.1) is 0 Å². The van der Waals surface area contributed by atoms with Gasteiger partial charge in [-0.25, -0.2) is 4.98 Å². The van der Waals surface area contributed by atoms with Gasteiger partial charge in [0, 0.05) is 18.8 Å². The van der Waals surface area contributed by atoms with Crippen LogP contribution in [0.4, 0.5) is 0 Å². The molecule has 0 bridgehead atoms. The Morgan fingerprint density at radius 3 is 2.39 bits per heavy atom. The van der Waals surface area contributed by atoms with Crippen LogP contribution in [0.25, 0.3) is 0 Å². The zero-order valence-electron chi connectivity index (χ0n) is 14.4. The fourth-order valence-electron chi connectivity index (χ4n) is 2.09. The van der Waals surface area contributed by atoms with Gasteiger partial charge in [-0.2, -0.15) is 0 Å². The summed E-state index contributed by atoms with van der Waals surface area (Å²) in [7, 11) is 1.63. The van der Waals surface area contributed by atoms with Crippen molar-refractivity contribution in [2.45, 2.75) is 33.7 Å². The molecule has 2 aromatic rings. The largest absolute Gasteiger partial charge is 0.493 e. The molecule has 0 amide bonds. The second kappa shape index (κ2) is 7.97. The number of rotatable bonds is 7. The maximum Gasteiger partial charge on any atom is 0.219 e. The number of nitrogens with zero attached hydrogens (tertiary/aromatic N) is 1. The molecular weight excluding hydrogens is 288 g/mol. The highest BCUT2D eigenvalue weighted by Gasteiger charge is 2.09. The second-order valence-electron chi connectivity index (χ2n) is 6.75. The van der Waals surface area contributed by atoms with E-state index in [9.17, 15) is 0 Å². The predicted molar refractivity (Wildman–Crippen MR) is 93.1 cm³/mol. The molecule has 4 nitrogen and oxygen atoms in total. The second-order valence-corrected chi connectivity index (χ2v) is 6.75. The summed E-state index contributed by atoms with van der Waals surface area (Å²) in [6, 6.07) is 11.5. The smallest absolute Gasteiger partial charge is 0.219 e. The standard InChI is InChI=1S/C19H26N2O2/c1-19(2,3)11-12-20-13-15-9-10-18(21-14-15)23-17-8-6-5-7-16(17)22-4/h5-10,14,20H,11-13H2,1-4H3. The Balaban J connectivity index is 1.87. The molecule has 0 radical (unpaired) electrons. The molecule has 0 aliphatic heterocycles. The summed E-state index contributed by atoms with van der Waals surface area (Å²) < 4.78 is 11.0. The molecule has 4 heteroatoms. The minimum Gasteiger partial charge on any atom is -0.493 e. The van der Waals surface area contributed by atoms with Gasteiger partial charge in [-0.3, -0.25) is 0 Å². The Morgan fingerprint density at radius 1 is 1.04 bits per heavy atom. The first-order chi connectivity index (χ1) is 11.0. The molecule has 0 aliphatic rings. The molecule has 1 heterocycles. The summed E-state index contributed by atoms with van der Waals surface area (Å²) >= 11 is 0. The number of benzene rings is 1. The van der Waals surface area contributed by atoms with Crippen molar-refractivity contribution in [3.8, 4) is 17.4 Å². The summed E-state index contributed by atoms with van der Waals surface area (Å²) in [5.41, 5.74) is 1.50. The Labute approximate surface area is 138 Å². The predicted octanol–water partition coefficient (Wildman–Crippen LogP) is 4.41. The third kappa shape index (κ3) is 5.91. The molecule has 2 rings (SSSR count). The SMILES string of the molecule is COc1ccccc1Oc1ccc(CNCCC(C)(C)C)cn1. The highest BCUT2D eigenvalue weighted by atomic mass is 16.5. The van der Waals surface area contributed by atoms with E-state index >= 15 is 0 Å². The number of methoxy groups -OCH3 is 1. The first kappa shape index (κ1) is 17.3. The summed E-state index contributed by atoms with van der Waals surface area (Å²) in [4.78, 5) is 4.36. The summed E-state index contributed by atoms with van der Waals surface area (Å²) in [6.45, 7) is 8.57. The zero-order valence-corrected chi connectivity index (χ0v) is 14.4. The van der Waals surface area contributed by atoms with Gasteiger partial charge in [-0.1, -0.05) is 39.0 Å².